The summed E-state index contributed by atoms with van der Waals surface area (Å²) in [5.41, 5.74) is 1.21. The van der Waals surface area contributed by atoms with Gasteiger partial charge in [0.15, 0.2) is 0 Å². The Hall–Kier alpha value is -2.37. The standard InChI is InChI=1S/C22H22ClFN2O2/c1-15-13-22(8-7-21(28)26(22)18-4-2-3-17(24)12-18)9-10-25(15)14-16-5-6-20(27)19(23)11-16/h2-8,11-12,15,27H,9-10,13-14H2,1H3/t15-,22+/m0/s1. The monoisotopic (exact) mass is 400 g/mol. The van der Waals surface area contributed by atoms with Crippen LogP contribution in [0.3, 0.4) is 0 Å². The van der Waals surface area contributed by atoms with Crippen molar-refractivity contribution in [1.82, 2.24) is 4.90 Å². The molecule has 6 heteroatoms. The number of aromatic hydroxyl groups is 1. The number of halogens is 2. The molecule has 2 aromatic rings. The van der Waals surface area contributed by atoms with Gasteiger partial charge in [-0.15, -0.1) is 0 Å². The number of piperidine rings is 1. The van der Waals surface area contributed by atoms with Crippen molar-refractivity contribution in [3.8, 4) is 5.75 Å². The van der Waals surface area contributed by atoms with Crippen molar-refractivity contribution in [2.45, 2.75) is 37.9 Å². The van der Waals surface area contributed by atoms with E-state index in [0.29, 0.717) is 10.7 Å². The molecule has 4 rings (SSSR count). The number of hydrogen-bond acceptors (Lipinski definition) is 3. The molecule has 1 spiro atoms. The fraction of sp³-hybridized carbons (Fsp3) is 0.318. The summed E-state index contributed by atoms with van der Waals surface area (Å²) in [4.78, 5) is 16.7. The summed E-state index contributed by atoms with van der Waals surface area (Å²) in [5.74, 6) is -0.366. The second-order valence-corrected chi connectivity index (χ2v) is 8.06. The third kappa shape index (κ3) is 3.40. The average molecular weight is 401 g/mol. The van der Waals surface area contributed by atoms with Crippen LogP contribution in [0.15, 0.2) is 54.6 Å². The maximum Gasteiger partial charge on any atom is 0.251 e. The molecule has 2 heterocycles. The first-order chi connectivity index (χ1) is 13.4. The van der Waals surface area contributed by atoms with Crippen LogP contribution in [-0.4, -0.2) is 34.0 Å². The van der Waals surface area contributed by atoms with E-state index in [1.54, 1.807) is 35.2 Å². The molecule has 28 heavy (non-hydrogen) atoms. The Morgan fingerprint density at radius 1 is 1.29 bits per heavy atom. The molecule has 146 valence electrons. The Morgan fingerprint density at radius 3 is 2.82 bits per heavy atom. The van der Waals surface area contributed by atoms with Gasteiger partial charge in [0.2, 0.25) is 0 Å². The first-order valence-corrected chi connectivity index (χ1v) is 9.76. The van der Waals surface area contributed by atoms with Crippen molar-refractivity contribution >= 4 is 23.2 Å². The molecule has 2 atom stereocenters. The van der Waals surface area contributed by atoms with Crippen LogP contribution in [0.2, 0.25) is 5.02 Å². The zero-order valence-electron chi connectivity index (χ0n) is 15.6. The molecule has 1 fully saturated rings. The highest BCUT2D eigenvalue weighted by Gasteiger charge is 2.46. The molecular weight excluding hydrogens is 379 g/mol. The zero-order valence-corrected chi connectivity index (χ0v) is 16.4. The molecule has 2 aromatic carbocycles. The predicted octanol–water partition coefficient (Wildman–Crippen LogP) is 4.51. The molecule has 0 aliphatic carbocycles. The van der Waals surface area contributed by atoms with Crippen molar-refractivity contribution in [1.29, 1.82) is 0 Å². The fourth-order valence-corrected chi connectivity index (χ4v) is 4.57. The SMILES string of the molecule is C[C@H]1C[C@@]2(C=CC(=O)N2c2cccc(F)c2)CCN1Cc1ccc(O)c(Cl)c1. The Morgan fingerprint density at radius 2 is 2.11 bits per heavy atom. The van der Waals surface area contributed by atoms with Crippen molar-refractivity contribution in [2.75, 3.05) is 11.4 Å². The third-order valence-corrected chi connectivity index (χ3v) is 6.07. The number of hydrogen-bond donors (Lipinski definition) is 1. The minimum Gasteiger partial charge on any atom is -0.506 e. The van der Waals surface area contributed by atoms with Crippen LogP contribution in [-0.2, 0) is 11.3 Å². The molecule has 0 aromatic heterocycles. The number of nitrogens with zero attached hydrogens (tertiary/aromatic N) is 2. The molecule has 0 radical (unpaired) electrons. The molecule has 1 amide bonds. The summed E-state index contributed by atoms with van der Waals surface area (Å²) in [5, 5.41) is 9.95. The minimum absolute atomic E-state index is 0.0800. The maximum atomic E-state index is 13.8. The van der Waals surface area contributed by atoms with Gasteiger partial charge in [-0.1, -0.05) is 29.8 Å². The van der Waals surface area contributed by atoms with Crippen LogP contribution >= 0.6 is 11.6 Å². The summed E-state index contributed by atoms with van der Waals surface area (Å²) >= 11 is 6.03. The van der Waals surface area contributed by atoms with Gasteiger partial charge in [-0.05, 0) is 55.7 Å². The average Bonchev–Trinajstić information content (AvgIpc) is 2.96. The lowest BCUT2D eigenvalue weighted by atomic mass is 9.82. The van der Waals surface area contributed by atoms with Gasteiger partial charge in [-0.25, -0.2) is 4.39 Å². The number of likely N-dealkylation sites (tertiary alicyclic amines) is 1. The van der Waals surface area contributed by atoms with Crippen molar-refractivity contribution in [3.63, 3.8) is 0 Å². The second-order valence-electron chi connectivity index (χ2n) is 7.65. The van der Waals surface area contributed by atoms with Crippen LogP contribution in [0.4, 0.5) is 10.1 Å². The lowest BCUT2D eigenvalue weighted by molar-refractivity contribution is -0.114. The van der Waals surface area contributed by atoms with Crippen molar-refractivity contribution < 1.29 is 14.3 Å². The van der Waals surface area contributed by atoms with E-state index in [1.165, 1.54) is 12.1 Å². The molecule has 0 bridgehead atoms. The Labute approximate surface area is 168 Å². The number of benzene rings is 2. The summed E-state index contributed by atoms with van der Waals surface area (Å²) < 4.78 is 13.8. The smallest absolute Gasteiger partial charge is 0.251 e. The third-order valence-electron chi connectivity index (χ3n) is 5.77. The Bertz CT molecular complexity index is 948. The summed E-state index contributed by atoms with van der Waals surface area (Å²) in [6, 6.07) is 11.7. The van der Waals surface area contributed by atoms with Gasteiger partial charge >= 0.3 is 0 Å². The molecule has 2 aliphatic heterocycles. The quantitative estimate of drug-likeness (QED) is 0.824. The van der Waals surface area contributed by atoms with Crippen molar-refractivity contribution in [3.05, 3.63) is 71.0 Å². The number of carbonyl (C=O) groups is 1. The number of amides is 1. The summed E-state index contributed by atoms with van der Waals surface area (Å²) in [6.07, 6.45) is 5.11. The lowest BCUT2D eigenvalue weighted by Crippen LogP contribution is -2.56. The first-order valence-electron chi connectivity index (χ1n) is 9.38. The number of rotatable bonds is 3. The molecule has 4 nitrogen and oxygen atoms in total. The normalized spacial score (nSPS) is 25.0. The van der Waals surface area contributed by atoms with E-state index in [-0.39, 0.29) is 23.5 Å². The van der Waals surface area contributed by atoms with E-state index in [2.05, 4.69) is 11.8 Å². The van der Waals surface area contributed by atoms with E-state index in [9.17, 15) is 14.3 Å². The van der Waals surface area contributed by atoms with Crippen LogP contribution in [0.25, 0.3) is 0 Å². The number of phenols is 1. The summed E-state index contributed by atoms with van der Waals surface area (Å²) in [6.45, 7) is 3.65. The molecular formula is C22H22ClFN2O2. The topological polar surface area (TPSA) is 43.8 Å². The number of anilines is 1. The summed E-state index contributed by atoms with van der Waals surface area (Å²) in [7, 11) is 0. The predicted molar refractivity (Wildman–Crippen MR) is 108 cm³/mol. The molecule has 0 saturated carbocycles. The Kier molecular flexibility index (Phi) is 4.89. The van der Waals surface area contributed by atoms with Crippen LogP contribution in [0, 0.1) is 5.82 Å². The molecule has 0 unspecified atom stereocenters. The highest BCUT2D eigenvalue weighted by molar-refractivity contribution is 6.32. The van der Waals surface area contributed by atoms with Gasteiger partial charge in [0, 0.05) is 30.9 Å². The molecule has 1 N–H and O–H groups in total. The largest absolute Gasteiger partial charge is 0.506 e. The van der Waals surface area contributed by atoms with Gasteiger partial charge in [0.1, 0.15) is 11.6 Å². The second kappa shape index (κ2) is 7.22. The van der Waals surface area contributed by atoms with Gasteiger partial charge in [-0.2, -0.15) is 0 Å². The Balaban J connectivity index is 1.54. The van der Waals surface area contributed by atoms with E-state index >= 15 is 0 Å². The van der Waals surface area contributed by atoms with E-state index in [0.717, 1.165) is 31.5 Å². The highest BCUT2D eigenvalue weighted by Crippen LogP contribution is 2.41. The van der Waals surface area contributed by atoms with Crippen LogP contribution in [0.1, 0.15) is 25.3 Å². The maximum absolute atomic E-state index is 13.8. The van der Waals surface area contributed by atoms with Gasteiger partial charge in [0.05, 0.1) is 10.6 Å². The van der Waals surface area contributed by atoms with Crippen LogP contribution in [0.5, 0.6) is 5.75 Å². The van der Waals surface area contributed by atoms with E-state index in [4.69, 9.17) is 11.6 Å². The molecule has 2 aliphatic rings. The highest BCUT2D eigenvalue weighted by atomic mass is 35.5. The van der Waals surface area contributed by atoms with Crippen LogP contribution < -0.4 is 4.90 Å². The first kappa shape index (κ1) is 19.0. The van der Waals surface area contributed by atoms with Gasteiger partial charge < -0.3 is 5.11 Å². The molecule has 1 saturated heterocycles. The fourth-order valence-electron chi connectivity index (χ4n) is 4.37. The lowest BCUT2D eigenvalue weighted by Gasteiger charge is -2.47. The van der Waals surface area contributed by atoms with E-state index < -0.39 is 5.54 Å². The van der Waals surface area contributed by atoms with E-state index in [1.807, 2.05) is 12.1 Å². The van der Waals surface area contributed by atoms with Crippen molar-refractivity contribution in [2.24, 2.45) is 0 Å². The minimum atomic E-state index is -0.423. The van der Waals surface area contributed by atoms with Gasteiger partial charge in [0.25, 0.3) is 5.91 Å². The zero-order chi connectivity index (χ0) is 19.9. The number of phenolic OH excluding ortho intramolecular Hbond substituents is 1. The van der Waals surface area contributed by atoms with Gasteiger partial charge in [-0.3, -0.25) is 14.6 Å². The number of carbonyl (C=O) groups excluding carboxylic acids is 1.